The number of nitrogens with zero attached hydrogens (tertiary/aromatic N) is 4. The van der Waals surface area contributed by atoms with Gasteiger partial charge in [0.2, 0.25) is 6.33 Å². The maximum Gasteiger partial charge on any atom is 3.00 e. The molecule has 0 N–H and O–H groups in total. The minimum absolute atomic E-state index is 0. The third-order valence-corrected chi connectivity index (χ3v) is 8.12. The van der Waals surface area contributed by atoms with Gasteiger partial charge in [-0.25, -0.2) is 0 Å². The number of imidazole rings is 1. The van der Waals surface area contributed by atoms with Gasteiger partial charge < -0.3 is 18.5 Å². The zero-order valence-electron chi connectivity index (χ0n) is 24.3. The quantitative estimate of drug-likeness (QED) is 0.131. The third kappa shape index (κ3) is 4.48. The molecule has 5 aromatic carbocycles. The Bertz CT molecular complexity index is 2330. The Morgan fingerprint density at radius 2 is 1.41 bits per heavy atom. The number of hydrogen-bond donors (Lipinski definition) is 0. The van der Waals surface area contributed by atoms with Gasteiger partial charge in [0, 0.05) is 22.5 Å². The van der Waals surface area contributed by atoms with Gasteiger partial charge in [-0.2, -0.15) is 18.2 Å². The number of fused-ring (bicyclic) bond motifs is 7. The number of rotatable bonds is 3. The van der Waals surface area contributed by atoms with Crippen molar-refractivity contribution in [3.05, 3.63) is 146 Å². The summed E-state index contributed by atoms with van der Waals surface area (Å²) < 4.78 is 6.72. The second-order valence-corrected chi connectivity index (χ2v) is 11.0. The van der Waals surface area contributed by atoms with Crippen LogP contribution in [-0.2, 0) is 20.1 Å². The van der Waals surface area contributed by atoms with Gasteiger partial charge in [-0.3, -0.25) is 0 Å². The smallest absolute Gasteiger partial charge is 0.342 e. The molecule has 0 spiro atoms. The maximum atomic E-state index is 4.22. The van der Waals surface area contributed by atoms with Gasteiger partial charge in [0.25, 0.3) is 0 Å². The molecule has 0 radical (unpaired) electrons. The first-order valence-electron chi connectivity index (χ1n) is 14.6. The van der Waals surface area contributed by atoms with Crippen LogP contribution in [0.5, 0.6) is 0 Å². The molecule has 0 amide bonds. The fourth-order valence-corrected chi connectivity index (χ4v) is 6.19. The molecule has 212 valence electrons. The first kappa shape index (κ1) is 28.0. The van der Waals surface area contributed by atoms with Gasteiger partial charge >= 0.3 is 20.1 Å². The molecule has 4 aromatic heterocycles. The molecule has 0 unspecified atom stereocenters. The molecule has 0 bridgehead atoms. The van der Waals surface area contributed by atoms with E-state index in [9.17, 15) is 0 Å². The molecule has 0 aliphatic rings. The number of benzene rings is 5. The molecule has 9 aromatic rings. The van der Waals surface area contributed by atoms with Crippen LogP contribution in [0, 0.1) is 18.5 Å². The van der Waals surface area contributed by atoms with E-state index in [4.69, 9.17) is 0 Å². The van der Waals surface area contributed by atoms with Gasteiger partial charge in [0.1, 0.15) is 0 Å². The maximum absolute atomic E-state index is 4.22. The van der Waals surface area contributed by atoms with Crippen LogP contribution in [0.2, 0.25) is 0 Å². The summed E-state index contributed by atoms with van der Waals surface area (Å²) in [5.41, 5.74) is 8.98. The number of aromatic nitrogens is 4. The van der Waals surface area contributed by atoms with Crippen molar-refractivity contribution in [1.29, 1.82) is 0 Å². The van der Waals surface area contributed by atoms with E-state index < -0.39 is 0 Å². The summed E-state index contributed by atoms with van der Waals surface area (Å²) in [6, 6.07) is 49.1. The first-order valence-corrected chi connectivity index (χ1v) is 14.6. The van der Waals surface area contributed by atoms with Crippen molar-refractivity contribution in [1.82, 2.24) is 14.0 Å². The van der Waals surface area contributed by atoms with Crippen molar-refractivity contribution in [3.8, 4) is 16.9 Å². The summed E-state index contributed by atoms with van der Waals surface area (Å²) >= 11 is 0. The predicted molar refractivity (Wildman–Crippen MR) is 175 cm³/mol. The fourth-order valence-electron chi connectivity index (χ4n) is 6.19. The van der Waals surface area contributed by atoms with Gasteiger partial charge in [0.15, 0.2) is 0 Å². The fraction of sp³-hybridized carbons (Fsp3) is 0.0769. The van der Waals surface area contributed by atoms with Crippen molar-refractivity contribution < 1.29 is 24.7 Å². The summed E-state index contributed by atoms with van der Waals surface area (Å²) in [5, 5.41) is 5.11. The molecule has 0 aliphatic heterocycles. The molecule has 4 nitrogen and oxygen atoms in total. The summed E-state index contributed by atoms with van der Waals surface area (Å²) in [6.07, 6.45) is 5.35. The number of pyridine rings is 1. The Hall–Kier alpha value is -4.83. The Morgan fingerprint density at radius 1 is 0.682 bits per heavy atom. The molecule has 9 rings (SSSR count). The van der Waals surface area contributed by atoms with E-state index in [1.54, 1.807) is 6.20 Å². The average molecular weight is 745 g/mol. The van der Waals surface area contributed by atoms with Crippen molar-refractivity contribution in [2.75, 3.05) is 0 Å². The van der Waals surface area contributed by atoms with Crippen molar-refractivity contribution in [3.63, 3.8) is 0 Å². The van der Waals surface area contributed by atoms with Gasteiger partial charge in [-0.05, 0) is 37.1 Å². The molecular formula is C39H28IrN4+. The summed E-state index contributed by atoms with van der Waals surface area (Å²) in [5.74, 6) is 0. The van der Waals surface area contributed by atoms with E-state index in [2.05, 4.69) is 130 Å². The van der Waals surface area contributed by atoms with E-state index in [1.807, 2.05) is 42.5 Å². The molecule has 0 aliphatic carbocycles. The van der Waals surface area contributed by atoms with E-state index >= 15 is 0 Å². The third-order valence-electron chi connectivity index (χ3n) is 8.12. The van der Waals surface area contributed by atoms with Crippen LogP contribution in [0.15, 0.2) is 128 Å². The molecule has 5 heteroatoms. The Morgan fingerprint density at radius 3 is 2.18 bits per heavy atom. The zero-order chi connectivity index (χ0) is 28.9. The van der Waals surface area contributed by atoms with Crippen LogP contribution >= 0.6 is 0 Å². The standard InChI is InChI=1S/C28H20N3.C11H8N.Ir/c1-18(2)29-17-30(26-13-6-5-12-25(26)29)19-14-15-21-23-10-7-9-22-20-8-3-4-11-24(20)31(28(22)23)27(21)16-19;1-2-6-10(7-3-1)11-8-4-5-9-12-11;/h3-15,18H,1-2H3;1-6,8-9H;/q2*-1;+3. The van der Waals surface area contributed by atoms with Crippen LogP contribution in [0.1, 0.15) is 19.9 Å². The van der Waals surface area contributed by atoms with Crippen LogP contribution in [0.4, 0.5) is 0 Å². The summed E-state index contributed by atoms with van der Waals surface area (Å²) in [7, 11) is 0. The van der Waals surface area contributed by atoms with Crippen molar-refractivity contribution in [2.45, 2.75) is 19.9 Å². The zero-order valence-corrected chi connectivity index (χ0v) is 26.7. The number of hydrogen-bond acceptors (Lipinski definition) is 1. The van der Waals surface area contributed by atoms with E-state index in [-0.39, 0.29) is 20.1 Å². The Labute approximate surface area is 269 Å². The molecule has 0 atom stereocenters. The molecular weight excluding hydrogens is 717 g/mol. The van der Waals surface area contributed by atoms with Crippen LogP contribution in [0.25, 0.3) is 66.1 Å². The van der Waals surface area contributed by atoms with Crippen LogP contribution in [0.3, 0.4) is 0 Å². The molecule has 44 heavy (non-hydrogen) atoms. The largest absolute Gasteiger partial charge is 3.00 e. The Kier molecular flexibility index (Phi) is 7.21. The minimum Gasteiger partial charge on any atom is -0.342 e. The molecule has 0 saturated heterocycles. The molecule has 4 heterocycles. The van der Waals surface area contributed by atoms with E-state index in [0.29, 0.717) is 6.04 Å². The monoisotopic (exact) mass is 745 g/mol. The topological polar surface area (TPSA) is 26.1 Å². The summed E-state index contributed by atoms with van der Waals surface area (Å²) in [6.45, 7) is 4.39. The van der Waals surface area contributed by atoms with E-state index in [0.717, 1.165) is 28.0 Å². The van der Waals surface area contributed by atoms with Crippen molar-refractivity contribution in [2.24, 2.45) is 0 Å². The van der Waals surface area contributed by atoms with Gasteiger partial charge in [-0.1, -0.05) is 84.0 Å². The minimum atomic E-state index is 0. The summed E-state index contributed by atoms with van der Waals surface area (Å²) in [4.78, 5) is 4.22. The second kappa shape index (κ2) is 11.3. The Balaban J connectivity index is 0.000000203. The van der Waals surface area contributed by atoms with Crippen LogP contribution < -0.4 is 4.57 Å². The normalized spacial score (nSPS) is 11.4. The van der Waals surface area contributed by atoms with E-state index in [1.165, 1.54) is 38.1 Å². The van der Waals surface area contributed by atoms with Crippen molar-refractivity contribution >= 4 is 49.1 Å². The number of para-hydroxylation sites is 4. The molecule has 0 saturated carbocycles. The molecule has 0 fully saturated rings. The van der Waals surface area contributed by atoms with Crippen LogP contribution in [-0.4, -0.2) is 14.0 Å². The first-order chi connectivity index (χ1) is 21.2. The SMILES string of the molecule is CC(C)[n+]1[c-]n(-c2[c-]c3c(cc2)c2cccc4c5ccccc5n3c24)c2ccccc21.[Ir+3].[c-]1ccccc1-c1ccccn1. The predicted octanol–water partition coefficient (Wildman–Crippen LogP) is 8.80. The average Bonchev–Trinajstić information content (AvgIpc) is 3.73. The van der Waals surface area contributed by atoms with Gasteiger partial charge in [0.05, 0.1) is 22.6 Å². The second-order valence-electron chi connectivity index (χ2n) is 11.0. The van der Waals surface area contributed by atoms with Gasteiger partial charge in [-0.15, -0.1) is 41.3 Å².